The first kappa shape index (κ1) is 31.9. The number of nitrogens with zero attached hydrogens (tertiary/aromatic N) is 1. The molecule has 1 unspecified atom stereocenters. The summed E-state index contributed by atoms with van der Waals surface area (Å²) in [6, 6.07) is 6.31. The average Bonchev–Trinajstić information content (AvgIpc) is 3.31. The molecular formula is C27H44IN2O4S+. The Labute approximate surface area is 227 Å². The van der Waals surface area contributed by atoms with E-state index in [-0.39, 0.29) is 16.9 Å². The normalized spacial score (nSPS) is 15.3. The molecule has 1 aliphatic heterocycles. The summed E-state index contributed by atoms with van der Waals surface area (Å²) in [6.45, 7) is 9.62. The van der Waals surface area contributed by atoms with Crippen molar-refractivity contribution in [2.75, 3.05) is 26.2 Å². The quantitative estimate of drug-likeness (QED) is 0.101. The predicted octanol–water partition coefficient (Wildman–Crippen LogP) is 5.71. The fourth-order valence-corrected chi connectivity index (χ4v) is 5.00. The lowest BCUT2D eigenvalue weighted by molar-refractivity contribution is -0.924. The molecule has 1 aliphatic rings. The molecule has 0 bridgehead atoms. The number of quaternary nitrogens is 1. The zero-order chi connectivity index (χ0) is 26.2. The number of benzene rings is 1. The van der Waals surface area contributed by atoms with Crippen LogP contribution in [0.25, 0.3) is 0 Å². The largest absolute Gasteiger partial charge is 0.461 e. The summed E-state index contributed by atoms with van der Waals surface area (Å²) in [7, 11) is -3.52. The van der Waals surface area contributed by atoms with Crippen molar-refractivity contribution >= 4 is 38.6 Å². The number of primary sulfonamides is 1. The second-order valence-corrected chi connectivity index (χ2v) is 11.6. The summed E-state index contributed by atoms with van der Waals surface area (Å²) in [6.07, 6.45) is 12.5. The number of esters is 1. The molecule has 1 fully saturated rings. The van der Waals surface area contributed by atoms with E-state index >= 15 is 0 Å². The number of aryl methyl sites for hydroxylation is 1. The Kier molecular flexibility index (Phi) is 15.8. The first-order valence-electron chi connectivity index (χ1n) is 12.9. The number of hydrogen-bond donors (Lipinski definition) is 1. The van der Waals surface area contributed by atoms with Crippen molar-refractivity contribution in [3.8, 4) is 9.85 Å². The molecule has 0 aliphatic carbocycles. The molecule has 2 N–H and O–H groups in total. The predicted molar refractivity (Wildman–Crippen MR) is 151 cm³/mol. The van der Waals surface area contributed by atoms with E-state index in [9.17, 15) is 13.2 Å². The molecule has 6 nitrogen and oxygen atoms in total. The summed E-state index contributed by atoms with van der Waals surface area (Å²) < 4.78 is 30.8. The molecule has 0 saturated carbocycles. The minimum absolute atomic E-state index is 0.0323. The highest BCUT2D eigenvalue weighted by molar-refractivity contribution is 14.1. The minimum Gasteiger partial charge on any atom is -0.461 e. The van der Waals surface area contributed by atoms with Gasteiger partial charge in [0.2, 0.25) is 10.0 Å². The highest BCUT2D eigenvalue weighted by atomic mass is 127. The number of unbranched alkanes of at least 4 members (excludes halogenated alkanes) is 7. The van der Waals surface area contributed by atoms with Crippen molar-refractivity contribution in [3.63, 3.8) is 0 Å². The number of likely N-dealkylation sites (tertiary alicyclic amines) is 1. The topological polar surface area (TPSA) is 86.5 Å². The van der Waals surface area contributed by atoms with Crippen LogP contribution in [-0.2, 0) is 19.6 Å². The zero-order valence-corrected chi connectivity index (χ0v) is 24.7. The van der Waals surface area contributed by atoms with E-state index in [4.69, 9.17) is 9.88 Å². The second-order valence-electron chi connectivity index (χ2n) is 9.48. The highest BCUT2D eigenvalue weighted by Crippen LogP contribution is 2.24. The molecule has 8 heteroatoms. The molecule has 0 radical (unpaired) electrons. The summed E-state index contributed by atoms with van der Waals surface area (Å²) in [5.41, 5.74) is 1.01. The third-order valence-corrected chi connectivity index (χ3v) is 7.98. The number of carbonyl (C=O) groups is 1. The van der Waals surface area contributed by atoms with Crippen molar-refractivity contribution in [1.29, 1.82) is 0 Å². The fourth-order valence-electron chi connectivity index (χ4n) is 4.32. The van der Waals surface area contributed by atoms with Gasteiger partial charge >= 0.3 is 5.97 Å². The van der Waals surface area contributed by atoms with Gasteiger partial charge in [-0.1, -0.05) is 69.6 Å². The zero-order valence-electron chi connectivity index (χ0n) is 21.7. The lowest BCUT2D eigenvalue weighted by Crippen LogP contribution is -2.56. The molecule has 1 aromatic carbocycles. The van der Waals surface area contributed by atoms with Gasteiger partial charge in [-0.05, 0) is 42.2 Å². The molecular weight excluding hydrogens is 575 g/mol. The molecule has 2 rings (SSSR count). The standard InChI is InChI=1S/C20H35INO2.C7H9NO2S/c1-3-4-5-6-7-8-9-12-18-24-20(23)19(2)22(17-13-14-21)15-10-11-16-22;1-6-2-4-7(5-3-6)11(8,9)10/h19H,3-12,15-18H2,1-2H3;2-5H,1H3,(H2,8,9,10)/q+1;. The van der Waals surface area contributed by atoms with Crippen molar-refractivity contribution in [2.24, 2.45) is 5.14 Å². The Morgan fingerprint density at radius 3 is 2.11 bits per heavy atom. The lowest BCUT2D eigenvalue weighted by Gasteiger charge is -2.36. The van der Waals surface area contributed by atoms with Gasteiger partial charge in [-0.2, -0.15) is 0 Å². The molecule has 35 heavy (non-hydrogen) atoms. The van der Waals surface area contributed by atoms with E-state index in [1.807, 2.05) is 13.8 Å². The first-order valence-corrected chi connectivity index (χ1v) is 15.5. The number of rotatable bonds is 13. The number of nitrogens with two attached hydrogens (primary N) is 1. The Morgan fingerprint density at radius 2 is 1.60 bits per heavy atom. The summed E-state index contributed by atoms with van der Waals surface area (Å²) in [5, 5.41) is 4.88. The van der Waals surface area contributed by atoms with Crippen LogP contribution in [-0.4, -0.2) is 51.2 Å². The van der Waals surface area contributed by atoms with Crippen LogP contribution in [0.5, 0.6) is 0 Å². The van der Waals surface area contributed by atoms with Gasteiger partial charge in [-0.25, -0.2) is 18.4 Å². The first-order chi connectivity index (χ1) is 16.7. The van der Waals surface area contributed by atoms with Crippen LogP contribution in [0.4, 0.5) is 0 Å². The Hall–Kier alpha value is -1.15. The van der Waals surface area contributed by atoms with E-state index in [2.05, 4.69) is 39.4 Å². The number of sulfonamides is 1. The molecule has 0 amide bonds. The Bertz CT molecular complexity index is 901. The molecule has 0 spiro atoms. The molecule has 1 heterocycles. The third-order valence-electron chi connectivity index (χ3n) is 6.67. The third kappa shape index (κ3) is 12.6. The van der Waals surface area contributed by atoms with Gasteiger partial charge in [0.15, 0.2) is 6.04 Å². The van der Waals surface area contributed by atoms with Crippen LogP contribution in [0, 0.1) is 16.8 Å². The molecule has 1 aromatic rings. The second kappa shape index (κ2) is 17.3. The number of ether oxygens (including phenoxy) is 1. The Balaban J connectivity index is 0.000000462. The molecule has 198 valence electrons. The molecule has 1 saturated heterocycles. The van der Waals surface area contributed by atoms with E-state index in [0.29, 0.717) is 6.61 Å². The van der Waals surface area contributed by atoms with Crippen molar-refractivity contribution in [1.82, 2.24) is 0 Å². The molecule has 1 atom stereocenters. The average molecular weight is 620 g/mol. The highest BCUT2D eigenvalue weighted by Gasteiger charge is 2.41. The van der Waals surface area contributed by atoms with Crippen LogP contribution < -0.4 is 5.14 Å². The van der Waals surface area contributed by atoms with Gasteiger partial charge < -0.3 is 9.22 Å². The van der Waals surface area contributed by atoms with Gasteiger partial charge in [0, 0.05) is 35.4 Å². The van der Waals surface area contributed by atoms with Gasteiger partial charge in [0.25, 0.3) is 0 Å². The van der Waals surface area contributed by atoms with Gasteiger partial charge in [-0.3, -0.25) is 0 Å². The summed E-state index contributed by atoms with van der Waals surface area (Å²) in [5.74, 6) is 3.14. The molecule has 0 aromatic heterocycles. The number of hydrogen-bond acceptors (Lipinski definition) is 4. The van der Waals surface area contributed by atoms with Crippen molar-refractivity contribution in [2.45, 2.75) is 95.9 Å². The van der Waals surface area contributed by atoms with Gasteiger partial charge in [0.1, 0.15) is 6.54 Å². The SMILES string of the molecule is CCCCCCCCCCOC(=O)C(C)[N+]1(CC#CI)CCCC1.Cc1ccc(S(N)(=O)=O)cc1. The summed E-state index contributed by atoms with van der Waals surface area (Å²) in [4.78, 5) is 12.6. The van der Waals surface area contributed by atoms with Crippen LogP contribution >= 0.6 is 22.6 Å². The summed E-state index contributed by atoms with van der Waals surface area (Å²) >= 11 is 2.08. The van der Waals surface area contributed by atoms with Crippen molar-refractivity contribution in [3.05, 3.63) is 29.8 Å². The minimum atomic E-state index is -3.52. The van der Waals surface area contributed by atoms with E-state index < -0.39 is 10.0 Å². The van der Waals surface area contributed by atoms with Crippen LogP contribution in [0.15, 0.2) is 29.2 Å². The maximum Gasteiger partial charge on any atom is 0.364 e. The fraction of sp³-hybridized carbons (Fsp3) is 0.667. The van der Waals surface area contributed by atoms with E-state index in [1.165, 1.54) is 69.9 Å². The maximum atomic E-state index is 12.4. The van der Waals surface area contributed by atoms with Crippen LogP contribution in [0.2, 0.25) is 0 Å². The number of carbonyl (C=O) groups excluding carboxylic acids is 1. The monoisotopic (exact) mass is 619 g/mol. The van der Waals surface area contributed by atoms with Gasteiger partial charge in [-0.15, -0.1) is 0 Å². The van der Waals surface area contributed by atoms with E-state index in [0.717, 1.165) is 36.1 Å². The lowest BCUT2D eigenvalue weighted by atomic mass is 10.1. The van der Waals surface area contributed by atoms with Crippen molar-refractivity contribution < 1.29 is 22.4 Å². The number of halogens is 1. The van der Waals surface area contributed by atoms with Crippen LogP contribution in [0.1, 0.15) is 83.6 Å². The van der Waals surface area contributed by atoms with Crippen LogP contribution in [0.3, 0.4) is 0 Å². The van der Waals surface area contributed by atoms with E-state index in [1.54, 1.807) is 12.1 Å². The Morgan fingerprint density at radius 1 is 1.06 bits per heavy atom. The van der Waals surface area contributed by atoms with Gasteiger partial charge in [0.05, 0.1) is 24.6 Å². The smallest absolute Gasteiger partial charge is 0.364 e. The maximum absolute atomic E-state index is 12.4.